The lowest BCUT2D eigenvalue weighted by atomic mass is 9.88. The zero-order valence-corrected chi connectivity index (χ0v) is 9.48. The smallest absolute Gasteiger partial charge is 0.0722 e. The average molecular weight is 203 g/mol. The van der Waals surface area contributed by atoms with E-state index in [9.17, 15) is 5.11 Å². The zero-order chi connectivity index (χ0) is 10.5. The van der Waals surface area contributed by atoms with Crippen LogP contribution in [0.4, 0.5) is 0 Å². The maximum atomic E-state index is 9.88. The molecule has 0 saturated carbocycles. The first-order chi connectivity index (χ1) is 5.99. The second-order valence-electron chi connectivity index (χ2n) is 3.55. The Morgan fingerprint density at radius 1 is 1.69 bits per heavy atom. The van der Waals surface area contributed by atoms with Gasteiger partial charge in [-0.05, 0) is 26.3 Å². The van der Waals surface area contributed by atoms with E-state index in [1.165, 1.54) is 0 Å². The van der Waals surface area contributed by atoms with Crippen LogP contribution in [0.5, 0.6) is 0 Å². The Balaban J connectivity index is 4.47. The molecule has 3 N–H and O–H groups in total. The number of rotatable bonds is 6. The second kappa shape index (κ2) is 5.68. The summed E-state index contributed by atoms with van der Waals surface area (Å²) in [5.41, 5.74) is 6.38. The number of aliphatic hydroxyl groups is 1. The molecule has 0 aliphatic heterocycles. The number of hydrogen-bond acceptors (Lipinski definition) is 3. The Hall–Kier alpha value is 0.01000. The molecule has 0 rings (SSSR count). The van der Waals surface area contributed by atoms with Gasteiger partial charge < -0.3 is 10.8 Å². The molecule has 0 aromatic rings. The quantitative estimate of drug-likeness (QED) is 0.455. The van der Waals surface area contributed by atoms with E-state index in [1.54, 1.807) is 0 Å². The predicted molar refractivity (Wildman–Crippen MR) is 61.1 cm³/mol. The van der Waals surface area contributed by atoms with Gasteiger partial charge in [-0.15, -0.1) is 0 Å². The van der Waals surface area contributed by atoms with Crippen LogP contribution >= 0.6 is 12.6 Å². The molecular weight excluding hydrogens is 182 g/mol. The maximum Gasteiger partial charge on any atom is 0.0722 e. The van der Waals surface area contributed by atoms with Gasteiger partial charge in [-0.3, -0.25) is 0 Å². The van der Waals surface area contributed by atoms with Crippen molar-refractivity contribution in [1.29, 1.82) is 0 Å². The van der Waals surface area contributed by atoms with E-state index in [4.69, 9.17) is 5.73 Å². The fourth-order valence-electron chi connectivity index (χ4n) is 1.40. The van der Waals surface area contributed by atoms with Gasteiger partial charge in [0.05, 0.1) is 10.9 Å². The minimum absolute atomic E-state index is 0.443. The monoisotopic (exact) mass is 203 g/mol. The molecule has 0 amide bonds. The van der Waals surface area contributed by atoms with Gasteiger partial charge in [0.25, 0.3) is 0 Å². The fourth-order valence-corrected chi connectivity index (χ4v) is 1.65. The van der Waals surface area contributed by atoms with E-state index < -0.39 is 10.9 Å². The van der Waals surface area contributed by atoms with Crippen LogP contribution in [0, 0.1) is 0 Å². The topological polar surface area (TPSA) is 46.2 Å². The summed E-state index contributed by atoms with van der Waals surface area (Å²) in [6.07, 6.45) is 1.92. The van der Waals surface area contributed by atoms with Gasteiger partial charge >= 0.3 is 0 Å². The molecule has 13 heavy (non-hydrogen) atoms. The third kappa shape index (κ3) is 3.33. The molecule has 0 fully saturated rings. The van der Waals surface area contributed by atoms with Crippen molar-refractivity contribution in [1.82, 2.24) is 0 Å². The Bertz CT molecular complexity index is 172. The third-order valence-corrected chi connectivity index (χ3v) is 3.28. The number of hydrogen-bond donors (Lipinski definition) is 3. The molecule has 0 aliphatic rings. The molecule has 2 atom stereocenters. The molecule has 2 nitrogen and oxygen atoms in total. The molecule has 3 heteroatoms. The molecule has 1 unspecified atom stereocenters. The van der Waals surface area contributed by atoms with Crippen LogP contribution in [-0.4, -0.2) is 22.5 Å². The summed E-state index contributed by atoms with van der Waals surface area (Å²) in [5, 5.41) is 9.88. The van der Waals surface area contributed by atoms with Crippen LogP contribution in [-0.2, 0) is 0 Å². The molecule has 78 valence electrons. The number of thiol groups is 1. The highest BCUT2D eigenvalue weighted by molar-refractivity contribution is 7.82. The van der Waals surface area contributed by atoms with Crippen molar-refractivity contribution in [2.75, 3.05) is 6.54 Å². The summed E-state index contributed by atoms with van der Waals surface area (Å²) in [5.74, 6) is 0. The van der Waals surface area contributed by atoms with Crippen molar-refractivity contribution in [3.63, 3.8) is 0 Å². The van der Waals surface area contributed by atoms with Crippen LogP contribution in [0.15, 0.2) is 12.2 Å². The first-order valence-electron chi connectivity index (χ1n) is 4.75. The number of nitrogens with two attached hydrogens (primary N) is 1. The lowest BCUT2D eigenvalue weighted by molar-refractivity contribution is 0.129. The van der Waals surface area contributed by atoms with Crippen molar-refractivity contribution >= 4 is 12.6 Å². The van der Waals surface area contributed by atoms with Gasteiger partial charge in [-0.1, -0.05) is 25.5 Å². The van der Waals surface area contributed by atoms with Crippen LogP contribution in [0.1, 0.15) is 33.1 Å². The summed E-state index contributed by atoms with van der Waals surface area (Å²) >= 11 is 4.49. The Morgan fingerprint density at radius 3 is 2.54 bits per heavy atom. The Labute approximate surface area is 86.6 Å². The molecule has 0 saturated heterocycles. The summed E-state index contributed by atoms with van der Waals surface area (Å²) < 4.78 is -0.509. The van der Waals surface area contributed by atoms with E-state index in [0.29, 0.717) is 13.0 Å². The minimum atomic E-state index is -0.509. The van der Waals surface area contributed by atoms with Crippen molar-refractivity contribution < 1.29 is 5.11 Å². The summed E-state index contributed by atoms with van der Waals surface area (Å²) in [6, 6.07) is 0. The summed E-state index contributed by atoms with van der Waals surface area (Å²) in [6.45, 7) is 8.31. The first-order valence-corrected chi connectivity index (χ1v) is 5.20. The number of aliphatic hydroxyl groups excluding tert-OH is 1. The lowest BCUT2D eigenvalue weighted by Crippen LogP contribution is -2.39. The van der Waals surface area contributed by atoms with E-state index in [2.05, 4.69) is 19.2 Å². The highest BCUT2D eigenvalue weighted by Gasteiger charge is 2.33. The van der Waals surface area contributed by atoms with Crippen molar-refractivity contribution in [2.24, 2.45) is 5.73 Å². The second-order valence-corrected chi connectivity index (χ2v) is 4.35. The molecular formula is C10H21NOS. The Kier molecular flexibility index (Phi) is 5.68. The summed E-state index contributed by atoms with van der Waals surface area (Å²) in [7, 11) is 0. The van der Waals surface area contributed by atoms with Gasteiger partial charge in [0, 0.05) is 0 Å². The van der Waals surface area contributed by atoms with Crippen molar-refractivity contribution in [3.05, 3.63) is 12.2 Å². The van der Waals surface area contributed by atoms with Crippen molar-refractivity contribution in [3.8, 4) is 0 Å². The Morgan fingerprint density at radius 2 is 2.23 bits per heavy atom. The normalized spacial score (nSPS) is 17.9. The van der Waals surface area contributed by atoms with Gasteiger partial charge in [-0.25, -0.2) is 0 Å². The molecule has 0 bridgehead atoms. The lowest BCUT2D eigenvalue weighted by Gasteiger charge is -2.34. The van der Waals surface area contributed by atoms with Crippen LogP contribution in [0.25, 0.3) is 0 Å². The van der Waals surface area contributed by atoms with Gasteiger partial charge in [0.15, 0.2) is 0 Å². The third-order valence-electron chi connectivity index (χ3n) is 2.38. The van der Waals surface area contributed by atoms with Crippen LogP contribution in [0.2, 0.25) is 0 Å². The SMILES string of the molecule is C=C(C)C(S)(CCN)[C@H](O)CCC. The van der Waals surface area contributed by atoms with E-state index in [-0.39, 0.29) is 0 Å². The summed E-state index contributed by atoms with van der Waals surface area (Å²) in [4.78, 5) is 0. The molecule has 0 spiro atoms. The van der Waals surface area contributed by atoms with Gasteiger partial charge in [-0.2, -0.15) is 12.6 Å². The average Bonchev–Trinajstić information content (AvgIpc) is 2.04. The highest BCUT2D eigenvalue weighted by Crippen LogP contribution is 2.32. The van der Waals surface area contributed by atoms with Gasteiger partial charge in [0.1, 0.15) is 0 Å². The van der Waals surface area contributed by atoms with Crippen LogP contribution in [0.3, 0.4) is 0 Å². The zero-order valence-electron chi connectivity index (χ0n) is 8.58. The van der Waals surface area contributed by atoms with Crippen LogP contribution < -0.4 is 5.73 Å². The standard InChI is InChI=1S/C10H21NOS/c1-4-5-9(12)10(13,6-7-11)8(2)3/h9,12-13H,2,4-7,11H2,1,3H3/t9-,10?/m1/s1. The largest absolute Gasteiger partial charge is 0.391 e. The maximum absolute atomic E-state index is 9.88. The molecule has 0 radical (unpaired) electrons. The van der Waals surface area contributed by atoms with E-state index in [0.717, 1.165) is 18.4 Å². The van der Waals surface area contributed by atoms with Crippen molar-refractivity contribution in [2.45, 2.75) is 44.0 Å². The molecule has 0 heterocycles. The molecule has 0 aromatic heterocycles. The predicted octanol–water partition coefficient (Wildman–Crippen LogP) is 1.74. The van der Waals surface area contributed by atoms with E-state index in [1.807, 2.05) is 13.8 Å². The minimum Gasteiger partial charge on any atom is -0.391 e. The molecule has 0 aromatic carbocycles. The fraction of sp³-hybridized carbons (Fsp3) is 0.800. The highest BCUT2D eigenvalue weighted by atomic mass is 32.1. The van der Waals surface area contributed by atoms with Gasteiger partial charge in [0.2, 0.25) is 0 Å². The van der Waals surface area contributed by atoms with E-state index >= 15 is 0 Å². The first kappa shape index (κ1) is 13.0. The molecule has 0 aliphatic carbocycles.